The van der Waals surface area contributed by atoms with E-state index in [1.165, 1.54) is 24.0 Å². The first-order valence-corrected chi connectivity index (χ1v) is 10.8. The highest BCUT2D eigenvalue weighted by atomic mass is 35.5. The van der Waals surface area contributed by atoms with Gasteiger partial charge in [-0.1, -0.05) is 35.9 Å². The van der Waals surface area contributed by atoms with Crippen molar-refractivity contribution in [3.05, 3.63) is 63.2 Å². The number of hydrogen-bond donors (Lipinski definition) is 1. The standard InChI is InChI=1S/C24H29ClN2O2/c1-15-8-18(11-27-12-20(13-27)24(28)26-3)9-16(2)23(15)29-14-17-4-7-21(19-5-6-19)22(25)10-17/h4,7-10,19-20H,5-6,11-14H2,1-3H3,(H,26,28). The Morgan fingerprint density at radius 1 is 1.14 bits per heavy atom. The van der Waals surface area contributed by atoms with E-state index in [2.05, 4.69) is 48.3 Å². The number of carbonyl (C=O) groups is 1. The van der Waals surface area contributed by atoms with Gasteiger partial charge in [-0.2, -0.15) is 0 Å². The summed E-state index contributed by atoms with van der Waals surface area (Å²) in [4.78, 5) is 14.0. The number of hydrogen-bond acceptors (Lipinski definition) is 3. The third kappa shape index (κ3) is 4.59. The summed E-state index contributed by atoms with van der Waals surface area (Å²) in [6, 6.07) is 10.7. The zero-order chi connectivity index (χ0) is 20.5. The van der Waals surface area contributed by atoms with Crippen LogP contribution in [0.25, 0.3) is 0 Å². The van der Waals surface area contributed by atoms with Crippen LogP contribution in [0, 0.1) is 19.8 Å². The number of carbonyl (C=O) groups excluding carboxylic acids is 1. The van der Waals surface area contributed by atoms with Crippen LogP contribution < -0.4 is 10.1 Å². The Morgan fingerprint density at radius 2 is 1.83 bits per heavy atom. The minimum absolute atomic E-state index is 0.128. The van der Waals surface area contributed by atoms with Crippen LogP contribution in [-0.2, 0) is 17.9 Å². The van der Waals surface area contributed by atoms with Crippen molar-refractivity contribution in [1.82, 2.24) is 10.2 Å². The Bertz CT molecular complexity index is 894. The van der Waals surface area contributed by atoms with E-state index in [1.54, 1.807) is 7.05 Å². The normalized spacial score (nSPS) is 17.1. The van der Waals surface area contributed by atoms with Crippen LogP contribution >= 0.6 is 11.6 Å². The van der Waals surface area contributed by atoms with Crippen molar-refractivity contribution in [3.8, 4) is 5.75 Å². The minimum atomic E-state index is 0.128. The summed E-state index contributed by atoms with van der Waals surface area (Å²) in [7, 11) is 1.70. The molecule has 1 heterocycles. The summed E-state index contributed by atoms with van der Waals surface area (Å²) in [6.07, 6.45) is 2.51. The lowest BCUT2D eigenvalue weighted by Crippen LogP contribution is -2.52. The zero-order valence-corrected chi connectivity index (χ0v) is 18.2. The molecule has 1 N–H and O–H groups in total. The molecule has 29 heavy (non-hydrogen) atoms. The third-order valence-electron chi connectivity index (χ3n) is 5.97. The van der Waals surface area contributed by atoms with Crippen molar-refractivity contribution in [2.45, 2.75) is 45.8 Å². The Labute approximate surface area is 178 Å². The predicted octanol–water partition coefficient (Wildman–Crippen LogP) is 4.59. The molecule has 0 spiro atoms. The van der Waals surface area contributed by atoms with E-state index in [0.29, 0.717) is 12.5 Å². The summed E-state index contributed by atoms with van der Waals surface area (Å²) in [5, 5.41) is 3.59. The van der Waals surface area contributed by atoms with Crippen LogP contribution in [0.15, 0.2) is 30.3 Å². The molecule has 4 rings (SSSR count). The number of aryl methyl sites for hydroxylation is 2. The van der Waals surface area contributed by atoms with Gasteiger partial charge in [-0.3, -0.25) is 9.69 Å². The highest BCUT2D eigenvalue weighted by Gasteiger charge is 2.31. The van der Waals surface area contributed by atoms with Crippen molar-refractivity contribution in [1.29, 1.82) is 0 Å². The lowest BCUT2D eigenvalue weighted by Gasteiger charge is -2.38. The van der Waals surface area contributed by atoms with E-state index in [4.69, 9.17) is 16.3 Å². The second-order valence-electron chi connectivity index (χ2n) is 8.48. The maximum atomic E-state index is 11.6. The van der Waals surface area contributed by atoms with Crippen molar-refractivity contribution in [3.63, 3.8) is 0 Å². The lowest BCUT2D eigenvalue weighted by molar-refractivity contribution is -0.129. The van der Waals surface area contributed by atoms with Gasteiger partial charge in [0.2, 0.25) is 5.91 Å². The number of ether oxygens (including phenoxy) is 1. The van der Waals surface area contributed by atoms with Crippen LogP contribution in [0.1, 0.15) is 46.6 Å². The van der Waals surface area contributed by atoms with E-state index in [9.17, 15) is 4.79 Å². The predicted molar refractivity (Wildman–Crippen MR) is 117 cm³/mol. The van der Waals surface area contributed by atoms with E-state index in [-0.39, 0.29) is 11.8 Å². The first kappa shape index (κ1) is 20.2. The fourth-order valence-electron chi connectivity index (χ4n) is 4.23. The SMILES string of the molecule is CNC(=O)C1CN(Cc2cc(C)c(OCc3ccc(C4CC4)c(Cl)c3)c(C)c2)C1. The summed E-state index contributed by atoms with van der Waals surface area (Å²) in [5.74, 6) is 1.88. The molecule has 1 aliphatic heterocycles. The van der Waals surface area contributed by atoms with Crippen LogP contribution in [0.4, 0.5) is 0 Å². The molecule has 2 aliphatic rings. The summed E-state index contributed by atoms with van der Waals surface area (Å²) in [6.45, 7) is 7.23. The highest BCUT2D eigenvalue weighted by Crippen LogP contribution is 2.43. The van der Waals surface area contributed by atoms with Crippen LogP contribution in [0.5, 0.6) is 5.75 Å². The number of nitrogens with one attached hydrogen (secondary N) is 1. The Balaban J connectivity index is 1.36. The summed E-state index contributed by atoms with van der Waals surface area (Å²) in [5.41, 5.74) is 5.92. The van der Waals surface area contributed by atoms with Crippen LogP contribution in [-0.4, -0.2) is 30.9 Å². The van der Waals surface area contributed by atoms with Gasteiger partial charge in [0.05, 0.1) is 5.92 Å². The van der Waals surface area contributed by atoms with Gasteiger partial charge in [0, 0.05) is 31.7 Å². The molecule has 1 saturated heterocycles. The molecular weight excluding hydrogens is 384 g/mol. The Kier molecular flexibility index (Phi) is 5.84. The third-order valence-corrected chi connectivity index (χ3v) is 6.29. The molecule has 5 heteroatoms. The van der Waals surface area contributed by atoms with Gasteiger partial charge in [0.15, 0.2) is 0 Å². The van der Waals surface area contributed by atoms with Crippen molar-refractivity contribution in [2.24, 2.45) is 5.92 Å². The largest absolute Gasteiger partial charge is 0.488 e. The van der Waals surface area contributed by atoms with Gasteiger partial charge in [-0.25, -0.2) is 0 Å². The van der Waals surface area contributed by atoms with Gasteiger partial charge in [-0.15, -0.1) is 0 Å². The van der Waals surface area contributed by atoms with E-state index >= 15 is 0 Å². The fourth-order valence-corrected chi connectivity index (χ4v) is 4.58. The van der Waals surface area contributed by atoms with Crippen molar-refractivity contribution < 1.29 is 9.53 Å². The number of halogens is 1. The Morgan fingerprint density at radius 3 is 2.41 bits per heavy atom. The number of likely N-dealkylation sites (tertiary alicyclic amines) is 1. The smallest absolute Gasteiger partial charge is 0.225 e. The van der Waals surface area contributed by atoms with Crippen molar-refractivity contribution in [2.75, 3.05) is 20.1 Å². The summed E-state index contributed by atoms with van der Waals surface area (Å²) >= 11 is 6.45. The molecule has 2 aromatic rings. The quantitative estimate of drug-likeness (QED) is 0.723. The average molecular weight is 413 g/mol. The maximum absolute atomic E-state index is 11.6. The monoisotopic (exact) mass is 412 g/mol. The molecule has 0 aromatic heterocycles. The molecule has 1 aliphatic carbocycles. The maximum Gasteiger partial charge on any atom is 0.225 e. The minimum Gasteiger partial charge on any atom is -0.488 e. The van der Waals surface area contributed by atoms with Gasteiger partial charge in [0.25, 0.3) is 0 Å². The average Bonchev–Trinajstić information content (AvgIpc) is 3.48. The second-order valence-corrected chi connectivity index (χ2v) is 8.89. The van der Waals surface area contributed by atoms with Gasteiger partial charge in [-0.05, 0) is 66.5 Å². The van der Waals surface area contributed by atoms with E-state index in [0.717, 1.165) is 47.1 Å². The number of amides is 1. The summed E-state index contributed by atoms with van der Waals surface area (Å²) < 4.78 is 6.16. The molecule has 4 nitrogen and oxygen atoms in total. The molecule has 0 bridgehead atoms. The lowest BCUT2D eigenvalue weighted by atomic mass is 9.97. The van der Waals surface area contributed by atoms with Gasteiger partial charge >= 0.3 is 0 Å². The second kappa shape index (κ2) is 8.37. The van der Waals surface area contributed by atoms with Gasteiger partial charge in [0.1, 0.15) is 12.4 Å². The molecular formula is C24H29ClN2O2. The molecule has 1 saturated carbocycles. The molecule has 2 aromatic carbocycles. The van der Waals surface area contributed by atoms with Crippen LogP contribution in [0.3, 0.4) is 0 Å². The molecule has 154 valence electrons. The molecule has 0 radical (unpaired) electrons. The first-order chi connectivity index (χ1) is 13.9. The number of rotatable bonds is 7. The molecule has 0 atom stereocenters. The zero-order valence-electron chi connectivity index (χ0n) is 17.4. The molecule has 2 fully saturated rings. The van der Waals surface area contributed by atoms with Crippen molar-refractivity contribution >= 4 is 17.5 Å². The Hall–Kier alpha value is -2.04. The number of benzene rings is 2. The number of nitrogens with zero attached hydrogens (tertiary/aromatic N) is 1. The van der Waals surface area contributed by atoms with Crippen LogP contribution in [0.2, 0.25) is 5.02 Å². The fraction of sp³-hybridized carbons (Fsp3) is 0.458. The highest BCUT2D eigenvalue weighted by molar-refractivity contribution is 6.31. The van der Waals surface area contributed by atoms with Gasteiger partial charge < -0.3 is 10.1 Å². The van der Waals surface area contributed by atoms with E-state index < -0.39 is 0 Å². The molecule has 0 unspecified atom stereocenters. The topological polar surface area (TPSA) is 41.6 Å². The molecule has 1 amide bonds. The van der Waals surface area contributed by atoms with E-state index in [1.807, 2.05) is 6.07 Å². The first-order valence-electron chi connectivity index (χ1n) is 10.4.